The molecule has 2 aromatic heterocycles. The number of hydrogen-bond donors (Lipinski definition) is 2. The molecule has 1 aliphatic heterocycles. The highest BCUT2D eigenvalue weighted by Crippen LogP contribution is 2.38. The fourth-order valence-corrected chi connectivity index (χ4v) is 3.35. The summed E-state index contributed by atoms with van der Waals surface area (Å²) in [5, 5.41) is 20.4. The quantitative estimate of drug-likeness (QED) is 0.745. The third-order valence-electron chi connectivity index (χ3n) is 4.55. The number of benzene rings is 1. The van der Waals surface area contributed by atoms with E-state index in [1.54, 1.807) is 12.1 Å². The average molecular weight is 339 g/mol. The van der Waals surface area contributed by atoms with Crippen LogP contribution >= 0.6 is 0 Å². The molecule has 4 rings (SSSR count). The summed E-state index contributed by atoms with van der Waals surface area (Å²) in [4.78, 5) is 9.09. The predicted octanol–water partition coefficient (Wildman–Crippen LogP) is 3.81. The molecule has 0 atom stereocenters. The van der Waals surface area contributed by atoms with E-state index in [1.165, 1.54) is 18.2 Å². The highest BCUT2D eigenvalue weighted by atomic mass is 19.1. The first kappa shape index (κ1) is 15.6. The van der Waals surface area contributed by atoms with Gasteiger partial charge >= 0.3 is 0 Å². The lowest BCUT2D eigenvalue weighted by Gasteiger charge is -2.18. The second-order valence-corrected chi connectivity index (χ2v) is 6.32. The van der Waals surface area contributed by atoms with Crippen LogP contribution in [0.15, 0.2) is 30.3 Å². The molecule has 0 fully saturated rings. The van der Waals surface area contributed by atoms with Crippen molar-refractivity contribution >= 4 is 0 Å². The largest absolute Gasteiger partial charge is 0.507 e. The van der Waals surface area contributed by atoms with Gasteiger partial charge in [-0.25, -0.2) is 14.4 Å². The molecule has 0 spiro atoms. The number of imidazole rings is 1. The Hall–Kier alpha value is -2.89. The van der Waals surface area contributed by atoms with Gasteiger partial charge in [-0.1, -0.05) is 0 Å². The number of aromatic nitrogens is 3. The van der Waals surface area contributed by atoms with Crippen molar-refractivity contribution in [2.75, 3.05) is 0 Å². The standard InChI is InChI=1S/C19H18FN3O2/c1-11-5-7-16(25)18(21-11)17-14-4-2-3-9-23(14)19(22-17)13-10-12(20)6-8-15(13)24/h5-8,10,24-25H,2-4,9H2,1H3. The SMILES string of the molecule is Cc1ccc(O)c(-c2nc(-c3cc(F)ccc3O)n3c2CCCC3)n1. The van der Waals surface area contributed by atoms with Crippen molar-refractivity contribution in [2.24, 2.45) is 0 Å². The summed E-state index contributed by atoms with van der Waals surface area (Å²) < 4.78 is 15.7. The van der Waals surface area contributed by atoms with Gasteiger partial charge in [0.25, 0.3) is 0 Å². The predicted molar refractivity (Wildman–Crippen MR) is 91.9 cm³/mol. The fraction of sp³-hybridized carbons (Fsp3) is 0.263. The van der Waals surface area contributed by atoms with Crippen molar-refractivity contribution in [1.29, 1.82) is 0 Å². The molecule has 5 nitrogen and oxygen atoms in total. The van der Waals surface area contributed by atoms with Crippen molar-refractivity contribution in [2.45, 2.75) is 32.7 Å². The second kappa shape index (κ2) is 5.88. The van der Waals surface area contributed by atoms with E-state index in [2.05, 4.69) is 9.97 Å². The molecule has 3 heterocycles. The number of phenols is 1. The molecule has 0 bridgehead atoms. The van der Waals surface area contributed by atoms with Crippen molar-refractivity contribution in [3.63, 3.8) is 0 Å². The molecule has 0 unspecified atom stereocenters. The zero-order valence-corrected chi connectivity index (χ0v) is 13.8. The number of fused-ring (bicyclic) bond motifs is 1. The number of phenolic OH excluding ortho intramolecular Hbond substituents is 1. The van der Waals surface area contributed by atoms with Crippen LogP contribution in [0.3, 0.4) is 0 Å². The maximum atomic E-state index is 13.7. The lowest BCUT2D eigenvalue weighted by atomic mass is 10.1. The summed E-state index contributed by atoms with van der Waals surface area (Å²) in [7, 11) is 0. The van der Waals surface area contributed by atoms with Gasteiger partial charge in [-0.05, 0) is 56.5 Å². The molecule has 3 aromatic rings. The van der Waals surface area contributed by atoms with Gasteiger partial charge in [0.2, 0.25) is 0 Å². The molecule has 0 saturated carbocycles. The number of rotatable bonds is 2. The lowest BCUT2D eigenvalue weighted by Crippen LogP contribution is -2.11. The van der Waals surface area contributed by atoms with E-state index in [0.717, 1.165) is 37.2 Å². The van der Waals surface area contributed by atoms with Crippen molar-refractivity contribution < 1.29 is 14.6 Å². The van der Waals surface area contributed by atoms with Crippen LogP contribution in [-0.2, 0) is 13.0 Å². The first-order valence-electron chi connectivity index (χ1n) is 8.30. The normalized spacial score (nSPS) is 13.7. The first-order valence-corrected chi connectivity index (χ1v) is 8.30. The van der Waals surface area contributed by atoms with Crippen LogP contribution in [0, 0.1) is 12.7 Å². The Balaban J connectivity index is 1.97. The van der Waals surface area contributed by atoms with E-state index in [1.807, 2.05) is 11.5 Å². The van der Waals surface area contributed by atoms with Crippen LogP contribution in [0.2, 0.25) is 0 Å². The third-order valence-corrected chi connectivity index (χ3v) is 4.55. The van der Waals surface area contributed by atoms with Gasteiger partial charge in [-0.2, -0.15) is 0 Å². The van der Waals surface area contributed by atoms with Crippen LogP contribution in [0.4, 0.5) is 4.39 Å². The number of hydrogen-bond acceptors (Lipinski definition) is 4. The van der Waals surface area contributed by atoms with E-state index in [4.69, 9.17) is 0 Å². The Morgan fingerprint density at radius 1 is 1.00 bits per heavy atom. The van der Waals surface area contributed by atoms with E-state index < -0.39 is 5.82 Å². The molecule has 2 N–H and O–H groups in total. The van der Waals surface area contributed by atoms with Gasteiger partial charge in [-0.3, -0.25) is 0 Å². The van der Waals surface area contributed by atoms with Gasteiger partial charge in [-0.15, -0.1) is 0 Å². The average Bonchev–Trinajstić information content (AvgIpc) is 2.98. The molecule has 0 radical (unpaired) electrons. The molecule has 0 aliphatic carbocycles. The summed E-state index contributed by atoms with van der Waals surface area (Å²) in [5.74, 6) is 0.114. The summed E-state index contributed by atoms with van der Waals surface area (Å²) in [6, 6.07) is 7.17. The molecule has 0 amide bonds. The number of aromatic hydroxyl groups is 2. The smallest absolute Gasteiger partial charge is 0.144 e. The van der Waals surface area contributed by atoms with Gasteiger partial charge < -0.3 is 14.8 Å². The molecular weight excluding hydrogens is 321 g/mol. The summed E-state index contributed by atoms with van der Waals surface area (Å²) in [5.41, 5.74) is 3.10. The highest BCUT2D eigenvalue weighted by molar-refractivity contribution is 5.72. The van der Waals surface area contributed by atoms with Crippen LogP contribution in [0.1, 0.15) is 24.2 Å². The molecule has 6 heteroatoms. The van der Waals surface area contributed by atoms with E-state index in [0.29, 0.717) is 22.8 Å². The third kappa shape index (κ3) is 2.63. The van der Waals surface area contributed by atoms with Gasteiger partial charge in [0.15, 0.2) is 0 Å². The van der Waals surface area contributed by atoms with Crippen LogP contribution in [-0.4, -0.2) is 24.7 Å². The second-order valence-electron chi connectivity index (χ2n) is 6.32. The zero-order chi connectivity index (χ0) is 17.6. The lowest BCUT2D eigenvalue weighted by molar-refractivity contribution is 0.472. The molecule has 0 saturated heterocycles. The van der Waals surface area contributed by atoms with E-state index in [9.17, 15) is 14.6 Å². The Bertz CT molecular complexity index is 890. The van der Waals surface area contributed by atoms with Gasteiger partial charge in [0, 0.05) is 17.9 Å². The zero-order valence-electron chi connectivity index (χ0n) is 13.8. The minimum atomic E-state index is -0.431. The molecule has 25 heavy (non-hydrogen) atoms. The first-order chi connectivity index (χ1) is 12.0. The number of pyridine rings is 1. The molecule has 1 aromatic carbocycles. The fourth-order valence-electron chi connectivity index (χ4n) is 3.35. The van der Waals surface area contributed by atoms with E-state index in [-0.39, 0.29) is 11.5 Å². The molecule has 1 aliphatic rings. The highest BCUT2D eigenvalue weighted by Gasteiger charge is 2.25. The minimum Gasteiger partial charge on any atom is -0.507 e. The number of nitrogens with zero attached hydrogens (tertiary/aromatic N) is 3. The maximum Gasteiger partial charge on any atom is 0.144 e. The van der Waals surface area contributed by atoms with Crippen LogP contribution < -0.4 is 0 Å². The maximum absolute atomic E-state index is 13.7. The Morgan fingerprint density at radius 2 is 1.80 bits per heavy atom. The van der Waals surface area contributed by atoms with Crippen LogP contribution in [0.25, 0.3) is 22.8 Å². The monoisotopic (exact) mass is 339 g/mol. The minimum absolute atomic E-state index is 0.0206. The van der Waals surface area contributed by atoms with Crippen molar-refractivity contribution in [3.05, 3.63) is 47.5 Å². The Kier molecular flexibility index (Phi) is 3.67. The topological polar surface area (TPSA) is 71.2 Å². The Morgan fingerprint density at radius 3 is 2.64 bits per heavy atom. The summed E-state index contributed by atoms with van der Waals surface area (Å²) in [6.07, 6.45) is 2.80. The number of halogens is 1. The summed E-state index contributed by atoms with van der Waals surface area (Å²) in [6.45, 7) is 2.59. The molecular formula is C19H18FN3O2. The van der Waals surface area contributed by atoms with Crippen LogP contribution in [0.5, 0.6) is 11.5 Å². The van der Waals surface area contributed by atoms with Crippen molar-refractivity contribution in [1.82, 2.24) is 14.5 Å². The summed E-state index contributed by atoms with van der Waals surface area (Å²) >= 11 is 0. The Labute approximate surface area is 144 Å². The van der Waals surface area contributed by atoms with Crippen molar-refractivity contribution in [3.8, 4) is 34.3 Å². The molecule has 128 valence electrons. The van der Waals surface area contributed by atoms with Gasteiger partial charge in [0.1, 0.15) is 34.5 Å². The number of aryl methyl sites for hydroxylation is 1. The van der Waals surface area contributed by atoms with Gasteiger partial charge in [0.05, 0.1) is 5.56 Å². The van der Waals surface area contributed by atoms with E-state index >= 15 is 0 Å².